The van der Waals surface area contributed by atoms with Crippen LogP contribution in [0.1, 0.15) is 22.3 Å². The van der Waals surface area contributed by atoms with E-state index in [2.05, 4.69) is 6.07 Å². The van der Waals surface area contributed by atoms with E-state index in [1.807, 2.05) is 12.1 Å². The lowest BCUT2D eigenvalue weighted by atomic mass is 10.1. The van der Waals surface area contributed by atoms with Crippen molar-refractivity contribution in [3.8, 4) is 11.8 Å². The Morgan fingerprint density at radius 3 is 3.10 bits per heavy atom. The third kappa shape index (κ3) is 3.28. The fraction of sp³-hybridized carbons (Fsp3) is 0.467. The van der Waals surface area contributed by atoms with Crippen LogP contribution in [0.25, 0.3) is 0 Å². The van der Waals surface area contributed by atoms with Gasteiger partial charge < -0.3 is 14.4 Å². The molecule has 1 aromatic rings. The molecular formula is C15H18N2O3. The Labute approximate surface area is 118 Å². The van der Waals surface area contributed by atoms with Gasteiger partial charge in [0.2, 0.25) is 0 Å². The molecule has 20 heavy (non-hydrogen) atoms. The topological polar surface area (TPSA) is 62.6 Å². The number of benzene rings is 1. The molecule has 0 spiro atoms. The minimum Gasteiger partial charge on any atom is -0.493 e. The summed E-state index contributed by atoms with van der Waals surface area (Å²) in [4.78, 5) is 14.1. The van der Waals surface area contributed by atoms with Gasteiger partial charge in [-0.25, -0.2) is 0 Å². The Morgan fingerprint density at radius 2 is 2.35 bits per heavy atom. The van der Waals surface area contributed by atoms with Crippen LogP contribution in [0.15, 0.2) is 18.2 Å². The summed E-state index contributed by atoms with van der Waals surface area (Å²) in [5, 5.41) is 8.68. The number of carbonyl (C=O) groups is 1. The highest BCUT2D eigenvalue weighted by Gasteiger charge is 2.19. The smallest absolute Gasteiger partial charge is 0.253 e. The maximum Gasteiger partial charge on any atom is 0.253 e. The fourth-order valence-electron chi connectivity index (χ4n) is 2.20. The van der Waals surface area contributed by atoms with Crippen molar-refractivity contribution in [1.29, 1.82) is 5.26 Å². The molecule has 0 radical (unpaired) electrons. The fourth-order valence-corrected chi connectivity index (χ4v) is 2.20. The molecule has 0 atom stereocenters. The molecule has 5 nitrogen and oxygen atoms in total. The standard InChI is InChI=1S/C15H18N2O3/c1-19-10-8-17(7-2-6-16)15(18)13-3-4-14-12(11-13)5-9-20-14/h3-4,11H,2,5,7-10H2,1H3. The normalized spacial score (nSPS) is 12.4. The predicted octanol–water partition coefficient (Wildman–Crippen LogP) is 1.62. The van der Waals surface area contributed by atoms with E-state index in [0.717, 1.165) is 17.7 Å². The Balaban J connectivity index is 2.11. The first-order valence-electron chi connectivity index (χ1n) is 6.67. The molecule has 0 fully saturated rings. The number of nitriles is 1. The quantitative estimate of drug-likeness (QED) is 0.791. The van der Waals surface area contributed by atoms with E-state index < -0.39 is 0 Å². The summed E-state index contributed by atoms with van der Waals surface area (Å²) in [6.45, 7) is 2.05. The van der Waals surface area contributed by atoms with Gasteiger partial charge >= 0.3 is 0 Å². The number of hydrogen-bond donors (Lipinski definition) is 0. The number of ether oxygens (including phenoxy) is 2. The van der Waals surface area contributed by atoms with Crippen molar-refractivity contribution in [2.24, 2.45) is 0 Å². The number of methoxy groups -OCH3 is 1. The molecule has 2 rings (SSSR count). The van der Waals surface area contributed by atoms with Gasteiger partial charge in [0.25, 0.3) is 5.91 Å². The average molecular weight is 274 g/mol. The third-order valence-corrected chi connectivity index (χ3v) is 3.28. The van der Waals surface area contributed by atoms with E-state index >= 15 is 0 Å². The number of rotatable bonds is 6. The summed E-state index contributed by atoms with van der Waals surface area (Å²) < 4.78 is 10.5. The minimum absolute atomic E-state index is 0.0630. The lowest BCUT2D eigenvalue weighted by Gasteiger charge is -2.21. The highest BCUT2D eigenvalue weighted by Crippen LogP contribution is 2.26. The van der Waals surface area contributed by atoms with Gasteiger partial charge in [0, 0.05) is 32.2 Å². The molecular weight excluding hydrogens is 256 g/mol. The van der Waals surface area contributed by atoms with Crippen molar-refractivity contribution in [2.75, 3.05) is 33.4 Å². The molecule has 1 heterocycles. The summed E-state index contributed by atoms with van der Waals surface area (Å²) in [6, 6.07) is 7.57. The van der Waals surface area contributed by atoms with Crippen LogP contribution in [0.4, 0.5) is 0 Å². The van der Waals surface area contributed by atoms with Crippen molar-refractivity contribution < 1.29 is 14.3 Å². The zero-order valence-corrected chi connectivity index (χ0v) is 11.6. The second-order valence-electron chi connectivity index (χ2n) is 4.61. The first-order chi connectivity index (χ1) is 9.76. The maximum absolute atomic E-state index is 12.5. The Kier molecular flexibility index (Phi) is 4.97. The SMILES string of the molecule is COCCN(CCC#N)C(=O)c1ccc2c(c1)CCO2. The van der Waals surface area contributed by atoms with Crippen LogP contribution in [-0.2, 0) is 11.2 Å². The van der Waals surface area contributed by atoms with E-state index in [9.17, 15) is 4.79 Å². The highest BCUT2D eigenvalue weighted by molar-refractivity contribution is 5.94. The van der Waals surface area contributed by atoms with E-state index in [0.29, 0.717) is 38.3 Å². The van der Waals surface area contributed by atoms with E-state index in [1.165, 1.54) is 0 Å². The van der Waals surface area contributed by atoms with Gasteiger partial charge in [0.15, 0.2) is 0 Å². The Morgan fingerprint density at radius 1 is 1.50 bits per heavy atom. The van der Waals surface area contributed by atoms with E-state index in [-0.39, 0.29) is 5.91 Å². The molecule has 0 aliphatic carbocycles. The molecule has 5 heteroatoms. The van der Waals surface area contributed by atoms with E-state index in [4.69, 9.17) is 14.7 Å². The van der Waals surface area contributed by atoms with Gasteiger partial charge in [-0.05, 0) is 23.8 Å². The van der Waals surface area contributed by atoms with Crippen molar-refractivity contribution >= 4 is 5.91 Å². The van der Waals surface area contributed by atoms with Gasteiger partial charge in [-0.1, -0.05) is 0 Å². The molecule has 0 saturated carbocycles. The van der Waals surface area contributed by atoms with Crippen molar-refractivity contribution in [1.82, 2.24) is 4.90 Å². The Hall–Kier alpha value is -2.06. The number of amides is 1. The molecule has 1 aliphatic heterocycles. The molecule has 0 aromatic heterocycles. The number of fused-ring (bicyclic) bond motifs is 1. The van der Waals surface area contributed by atoms with Crippen LogP contribution < -0.4 is 4.74 Å². The van der Waals surface area contributed by atoms with Crippen LogP contribution in [0.2, 0.25) is 0 Å². The molecule has 0 bridgehead atoms. The number of nitrogens with zero attached hydrogens (tertiary/aromatic N) is 2. The van der Waals surface area contributed by atoms with Crippen molar-refractivity contribution in [2.45, 2.75) is 12.8 Å². The van der Waals surface area contributed by atoms with E-state index in [1.54, 1.807) is 18.1 Å². The third-order valence-electron chi connectivity index (χ3n) is 3.28. The van der Waals surface area contributed by atoms with Gasteiger partial charge in [0.1, 0.15) is 5.75 Å². The summed E-state index contributed by atoms with van der Waals surface area (Å²) in [5.74, 6) is 0.800. The average Bonchev–Trinajstić information content (AvgIpc) is 2.94. The van der Waals surface area contributed by atoms with Crippen molar-refractivity contribution in [3.05, 3.63) is 29.3 Å². The number of hydrogen-bond acceptors (Lipinski definition) is 4. The largest absolute Gasteiger partial charge is 0.493 e. The van der Waals surface area contributed by atoms with Crippen LogP contribution in [0.3, 0.4) is 0 Å². The molecule has 0 saturated heterocycles. The molecule has 0 N–H and O–H groups in total. The molecule has 1 aromatic carbocycles. The highest BCUT2D eigenvalue weighted by atomic mass is 16.5. The molecule has 1 amide bonds. The summed E-state index contributed by atoms with van der Waals surface area (Å²) in [5.41, 5.74) is 1.71. The maximum atomic E-state index is 12.5. The summed E-state index contributed by atoms with van der Waals surface area (Å²) in [6.07, 6.45) is 1.16. The molecule has 0 unspecified atom stereocenters. The first kappa shape index (κ1) is 14.4. The second kappa shape index (κ2) is 6.92. The second-order valence-corrected chi connectivity index (χ2v) is 4.61. The molecule has 106 valence electrons. The van der Waals surface area contributed by atoms with Gasteiger partial charge in [0.05, 0.1) is 25.7 Å². The minimum atomic E-state index is -0.0630. The van der Waals surface area contributed by atoms with Crippen LogP contribution in [-0.4, -0.2) is 44.2 Å². The van der Waals surface area contributed by atoms with Crippen LogP contribution in [0, 0.1) is 11.3 Å². The molecule has 1 aliphatic rings. The van der Waals surface area contributed by atoms with Gasteiger partial charge in [-0.3, -0.25) is 4.79 Å². The summed E-state index contributed by atoms with van der Waals surface area (Å²) >= 11 is 0. The lowest BCUT2D eigenvalue weighted by molar-refractivity contribution is 0.0700. The van der Waals surface area contributed by atoms with Crippen molar-refractivity contribution in [3.63, 3.8) is 0 Å². The zero-order chi connectivity index (χ0) is 14.4. The number of carbonyl (C=O) groups excluding carboxylic acids is 1. The predicted molar refractivity (Wildman–Crippen MR) is 73.7 cm³/mol. The monoisotopic (exact) mass is 274 g/mol. The lowest BCUT2D eigenvalue weighted by Crippen LogP contribution is -2.34. The van der Waals surface area contributed by atoms with Gasteiger partial charge in [-0.15, -0.1) is 0 Å². The summed E-state index contributed by atoms with van der Waals surface area (Å²) in [7, 11) is 1.60. The Bertz CT molecular complexity index is 522. The van der Waals surface area contributed by atoms with Gasteiger partial charge in [-0.2, -0.15) is 5.26 Å². The van der Waals surface area contributed by atoms with Crippen LogP contribution >= 0.6 is 0 Å². The first-order valence-corrected chi connectivity index (χ1v) is 6.67. The zero-order valence-electron chi connectivity index (χ0n) is 11.6. The van der Waals surface area contributed by atoms with Crippen LogP contribution in [0.5, 0.6) is 5.75 Å².